The zero-order valence-corrected chi connectivity index (χ0v) is 16.3. The fraction of sp³-hybridized carbons (Fsp3) is 0.316. The van der Waals surface area contributed by atoms with Crippen molar-refractivity contribution in [1.29, 1.82) is 0 Å². The number of ether oxygens (including phenoxy) is 2. The van der Waals surface area contributed by atoms with Crippen LogP contribution in [-0.4, -0.2) is 30.0 Å². The van der Waals surface area contributed by atoms with E-state index in [0.717, 1.165) is 10.4 Å². The summed E-state index contributed by atoms with van der Waals surface area (Å²) < 4.78 is 10.8. The molecular formula is C19H20N2O5S. The van der Waals surface area contributed by atoms with Crippen LogP contribution in [0.4, 0.5) is 10.7 Å². The molecule has 1 aromatic heterocycles. The number of hydrogen-bond donors (Lipinski definition) is 2. The second-order valence-electron chi connectivity index (χ2n) is 6.25. The van der Waals surface area contributed by atoms with Gasteiger partial charge in [0, 0.05) is 4.88 Å². The second kappa shape index (κ2) is 7.03. The minimum atomic E-state index is -1.77. The van der Waals surface area contributed by atoms with Gasteiger partial charge in [-0.2, -0.15) is 0 Å². The number of thiophene rings is 1. The minimum absolute atomic E-state index is 0.223. The van der Waals surface area contributed by atoms with Crippen LogP contribution in [0.3, 0.4) is 0 Å². The van der Waals surface area contributed by atoms with E-state index in [0.29, 0.717) is 22.0 Å². The minimum Gasteiger partial charge on any atom is -0.466 e. The van der Waals surface area contributed by atoms with Gasteiger partial charge in [0.1, 0.15) is 10.8 Å². The number of benzene rings is 1. The number of nitrogens with one attached hydrogen (secondary N) is 2. The van der Waals surface area contributed by atoms with Crippen molar-refractivity contribution in [1.82, 2.24) is 0 Å². The van der Waals surface area contributed by atoms with Crippen LogP contribution in [0.2, 0.25) is 0 Å². The highest BCUT2D eigenvalue weighted by Gasteiger charge is 2.47. The molecular weight excluding hydrogens is 368 g/mol. The Morgan fingerprint density at radius 1 is 1.30 bits per heavy atom. The van der Waals surface area contributed by atoms with Gasteiger partial charge in [-0.15, -0.1) is 11.3 Å². The molecule has 0 saturated heterocycles. The third kappa shape index (κ3) is 3.28. The van der Waals surface area contributed by atoms with Crippen LogP contribution in [0.25, 0.3) is 0 Å². The quantitative estimate of drug-likeness (QED) is 0.619. The van der Waals surface area contributed by atoms with E-state index in [1.165, 1.54) is 18.3 Å². The molecule has 1 unspecified atom stereocenters. The number of carbonyl (C=O) groups is 3. The summed E-state index contributed by atoms with van der Waals surface area (Å²) in [7, 11) is 0. The molecule has 1 aromatic carbocycles. The van der Waals surface area contributed by atoms with E-state index in [1.807, 2.05) is 6.92 Å². The summed E-state index contributed by atoms with van der Waals surface area (Å²) in [4.78, 5) is 38.6. The van der Waals surface area contributed by atoms with E-state index >= 15 is 0 Å². The number of amides is 2. The molecule has 0 fully saturated rings. The van der Waals surface area contributed by atoms with Crippen molar-refractivity contribution in [2.24, 2.45) is 0 Å². The van der Waals surface area contributed by atoms with Crippen LogP contribution >= 0.6 is 11.3 Å². The third-order valence-electron chi connectivity index (χ3n) is 4.41. The highest BCUT2D eigenvalue weighted by atomic mass is 32.1. The number of anilines is 2. The average molecular weight is 388 g/mol. The Morgan fingerprint density at radius 3 is 2.70 bits per heavy atom. The first-order chi connectivity index (χ1) is 12.8. The van der Waals surface area contributed by atoms with Gasteiger partial charge in [0.25, 0.3) is 17.4 Å². The molecule has 1 aliphatic rings. The van der Waals surface area contributed by atoms with Crippen molar-refractivity contribution in [2.75, 3.05) is 17.2 Å². The predicted molar refractivity (Wildman–Crippen MR) is 102 cm³/mol. The fourth-order valence-electron chi connectivity index (χ4n) is 2.70. The van der Waals surface area contributed by atoms with Crippen molar-refractivity contribution >= 4 is 39.8 Å². The van der Waals surface area contributed by atoms with E-state index in [1.54, 1.807) is 38.1 Å². The Morgan fingerprint density at radius 2 is 2.00 bits per heavy atom. The van der Waals surface area contributed by atoms with E-state index in [9.17, 15) is 14.4 Å². The molecule has 0 saturated carbocycles. The first kappa shape index (κ1) is 18.9. The Balaban J connectivity index is 1.91. The molecule has 0 spiro atoms. The van der Waals surface area contributed by atoms with Crippen molar-refractivity contribution < 1.29 is 23.9 Å². The van der Waals surface area contributed by atoms with E-state index < -0.39 is 23.4 Å². The molecule has 142 valence electrons. The van der Waals surface area contributed by atoms with Gasteiger partial charge < -0.3 is 20.1 Å². The standard InChI is InChI=1S/C19H20N2O5S/c1-5-25-16(22)14-10(2)11(3)27-15(14)21-18(24)19(4)17(23)20-12-8-6-7-9-13(12)26-19/h6-9H,5H2,1-4H3,(H,20,23)(H,21,24). The number of para-hydroxylation sites is 2. The summed E-state index contributed by atoms with van der Waals surface area (Å²) in [5.41, 5.74) is -0.236. The van der Waals surface area contributed by atoms with Gasteiger partial charge in [0.05, 0.1) is 17.9 Å². The highest BCUT2D eigenvalue weighted by molar-refractivity contribution is 7.16. The Kier molecular flexibility index (Phi) is 4.93. The molecule has 1 aliphatic heterocycles. The zero-order chi connectivity index (χ0) is 19.8. The van der Waals surface area contributed by atoms with Gasteiger partial charge in [-0.25, -0.2) is 4.79 Å². The largest absolute Gasteiger partial charge is 0.466 e. The number of hydrogen-bond acceptors (Lipinski definition) is 6. The number of carbonyl (C=O) groups excluding carboxylic acids is 3. The second-order valence-corrected chi connectivity index (χ2v) is 7.47. The maximum atomic E-state index is 12.9. The summed E-state index contributed by atoms with van der Waals surface area (Å²) in [5, 5.41) is 5.69. The molecule has 1 atom stereocenters. The average Bonchev–Trinajstić information content (AvgIpc) is 2.90. The van der Waals surface area contributed by atoms with Crippen LogP contribution in [-0.2, 0) is 14.3 Å². The lowest BCUT2D eigenvalue weighted by molar-refractivity contribution is -0.143. The lowest BCUT2D eigenvalue weighted by Gasteiger charge is -2.33. The topological polar surface area (TPSA) is 93.7 Å². The normalized spacial score (nSPS) is 18.1. The Labute approximate surface area is 160 Å². The monoisotopic (exact) mass is 388 g/mol. The van der Waals surface area contributed by atoms with Gasteiger partial charge in [0.2, 0.25) is 0 Å². The molecule has 0 aliphatic carbocycles. The molecule has 2 heterocycles. The number of fused-ring (bicyclic) bond motifs is 1. The summed E-state index contributed by atoms with van der Waals surface area (Å²) in [6.07, 6.45) is 0. The van der Waals surface area contributed by atoms with Gasteiger partial charge in [-0.05, 0) is 45.4 Å². The molecule has 27 heavy (non-hydrogen) atoms. The fourth-order valence-corrected chi connectivity index (χ4v) is 3.75. The summed E-state index contributed by atoms with van der Waals surface area (Å²) >= 11 is 1.25. The SMILES string of the molecule is CCOC(=O)c1c(NC(=O)C2(C)Oc3ccccc3NC2=O)sc(C)c1C. The van der Waals surface area contributed by atoms with Gasteiger partial charge >= 0.3 is 5.97 Å². The molecule has 2 N–H and O–H groups in total. The van der Waals surface area contributed by atoms with Gasteiger partial charge in [-0.1, -0.05) is 12.1 Å². The third-order valence-corrected chi connectivity index (χ3v) is 5.53. The Hall–Kier alpha value is -2.87. The number of aryl methyl sites for hydroxylation is 1. The zero-order valence-electron chi connectivity index (χ0n) is 15.5. The van der Waals surface area contributed by atoms with E-state index in [4.69, 9.17) is 9.47 Å². The van der Waals surface area contributed by atoms with Crippen LogP contribution in [0.5, 0.6) is 5.75 Å². The van der Waals surface area contributed by atoms with Gasteiger partial charge in [-0.3, -0.25) is 9.59 Å². The van der Waals surface area contributed by atoms with Crippen LogP contribution in [0.1, 0.15) is 34.6 Å². The molecule has 2 aromatic rings. The van der Waals surface area contributed by atoms with Crippen molar-refractivity contribution in [3.05, 3.63) is 40.3 Å². The summed E-state index contributed by atoms with van der Waals surface area (Å²) in [6.45, 7) is 6.96. The Bertz CT molecular complexity index is 936. The van der Waals surface area contributed by atoms with Crippen LogP contribution < -0.4 is 15.4 Å². The molecule has 3 rings (SSSR count). The van der Waals surface area contributed by atoms with Crippen molar-refractivity contribution in [3.8, 4) is 5.75 Å². The lowest BCUT2D eigenvalue weighted by Crippen LogP contribution is -2.56. The summed E-state index contributed by atoms with van der Waals surface area (Å²) in [6, 6.07) is 6.87. The first-order valence-corrected chi connectivity index (χ1v) is 9.27. The molecule has 7 nitrogen and oxygen atoms in total. The van der Waals surface area contributed by atoms with Crippen molar-refractivity contribution in [2.45, 2.75) is 33.3 Å². The molecule has 0 radical (unpaired) electrons. The maximum absolute atomic E-state index is 12.9. The van der Waals surface area contributed by atoms with Crippen LogP contribution in [0.15, 0.2) is 24.3 Å². The van der Waals surface area contributed by atoms with Crippen molar-refractivity contribution in [3.63, 3.8) is 0 Å². The summed E-state index contributed by atoms with van der Waals surface area (Å²) in [5.74, 6) is -1.36. The smallest absolute Gasteiger partial charge is 0.341 e. The lowest BCUT2D eigenvalue weighted by atomic mass is 10.0. The molecule has 8 heteroatoms. The van der Waals surface area contributed by atoms with E-state index in [-0.39, 0.29) is 6.61 Å². The van der Waals surface area contributed by atoms with Gasteiger partial charge in [0.15, 0.2) is 0 Å². The van der Waals surface area contributed by atoms with Crippen LogP contribution in [0, 0.1) is 13.8 Å². The molecule has 2 amide bonds. The number of esters is 1. The molecule has 0 bridgehead atoms. The number of rotatable bonds is 4. The predicted octanol–water partition coefficient (Wildman–Crippen LogP) is 3.27. The maximum Gasteiger partial charge on any atom is 0.341 e. The highest BCUT2D eigenvalue weighted by Crippen LogP contribution is 2.36. The van der Waals surface area contributed by atoms with E-state index in [2.05, 4.69) is 10.6 Å². The first-order valence-electron chi connectivity index (χ1n) is 8.46.